The molecule has 9 nitrogen and oxygen atoms in total. The molecule has 0 bridgehead atoms. The Balaban J connectivity index is 0.000000603. The molecule has 2 aliphatic heterocycles. The number of carbonyl (C=O) groups excluding carboxylic acids is 3. The van der Waals surface area contributed by atoms with E-state index in [-0.39, 0.29) is 38.0 Å². The molecular formula is C32H40FN5O4. The number of piperazine rings is 1. The van der Waals surface area contributed by atoms with E-state index in [1.807, 2.05) is 55.5 Å². The van der Waals surface area contributed by atoms with Crippen molar-refractivity contribution < 1.29 is 23.5 Å². The summed E-state index contributed by atoms with van der Waals surface area (Å²) in [5.41, 5.74) is 2.96. The number of benzene rings is 2. The van der Waals surface area contributed by atoms with Crippen molar-refractivity contribution in [2.24, 2.45) is 0 Å². The van der Waals surface area contributed by atoms with Gasteiger partial charge in [0.25, 0.3) is 0 Å². The maximum Gasteiger partial charge on any atom is 0.334 e. The predicted molar refractivity (Wildman–Crippen MR) is 161 cm³/mol. The molecule has 0 saturated carbocycles. The fourth-order valence-corrected chi connectivity index (χ4v) is 4.65. The van der Waals surface area contributed by atoms with E-state index >= 15 is 0 Å². The minimum Gasteiger partial charge on any atom is -0.497 e. The number of urea groups is 1. The highest BCUT2D eigenvalue weighted by Crippen LogP contribution is 2.23. The van der Waals surface area contributed by atoms with Crippen LogP contribution in [-0.4, -0.2) is 84.2 Å². The average molecular weight is 578 g/mol. The highest BCUT2D eigenvalue weighted by Gasteiger charge is 2.45. The van der Waals surface area contributed by atoms with E-state index in [1.54, 1.807) is 30.1 Å². The maximum atomic E-state index is 13.2. The number of aryl methyl sites for hydroxylation is 1. The zero-order valence-electron chi connectivity index (χ0n) is 24.8. The van der Waals surface area contributed by atoms with Gasteiger partial charge < -0.3 is 19.9 Å². The van der Waals surface area contributed by atoms with Crippen LogP contribution in [-0.2, 0) is 16.1 Å². The van der Waals surface area contributed by atoms with Crippen molar-refractivity contribution >= 4 is 17.8 Å². The van der Waals surface area contributed by atoms with Gasteiger partial charge in [0, 0.05) is 20.1 Å². The van der Waals surface area contributed by atoms with E-state index in [1.165, 1.54) is 21.5 Å². The minimum atomic E-state index is -0.642. The lowest BCUT2D eigenvalue weighted by atomic mass is 10.1. The van der Waals surface area contributed by atoms with Crippen LogP contribution in [0, 0.1) is 6.92 Å². The number of hydrogen-bond donors (Lipinski definition) is 1. The second-order valence-electron chi connectivity index (χ2n) is 10.1. The first-order valence-electron chi connectivity index (χ1n) is 13.8. The molecule has 2 saturated heterocycles. The summed E-state index contributed by atoms with van der Waals surface area (Å²) >= 11 is 0. The zero-order valence-corrected chi connectivity index (χ0v) is 24.8. The molecule has 0 aromatic heterocycles. The van der Waals surface area contributed by atoms with Crippen LogP contribution in [0.5, 0.6) is 5.75 Å². The van der Waals surface area contributed by atoms with Crippen molar-refractivity contribution in [1.29, 1.82) is 0 Å². The molecule has 2 aromatic rings. The number of methoxy groups -OCH3 is 1. The van der Waals surface area contributed by atoms with Gasteiger partial charge in [-0.3, -0.25) is 9.59 Å². The molecule has 10 heteroatoms. The van der Waals surface area contributed by atoms with Crippen molar-refractivity contribution in [3.05, 3.63) is 102 Å². The van der Waals surface area contributed by atoms with Gasteiger partial charge >= 0.3 is 6.03 Å². The molecule has 1 unspecified atom stereocenters. The smallest absolute Gasteiger partial charge is 0.334 e. The van der Waals surface area contributed by atoms with Crippen LogP contribution in [0.3, 0.4) is 0 Å². The number of carbonyl (C=O) groups is 3. The lowest BCUT2D eigenvalue weighted by Crippen LogP contribution is -2.73. The SMILES string of the molecule is C=C(F)/C=C\C(=C/CC)CNC(=O)N1C2CN(Cc3ccc(OC)cc3)C(=O)CN2C(=O)CN1C.Cc1ccccc1. The fraction of sp³-hybridized carbons (Fsp3) is 0.344. The van der Waals surface area contributed by atoms with Crippen LogP contribution in [0.25, 0.3) is 0 Å². The van der Waals surface area contributed by atoms with E-state index in [0.29, 0.717) is 13.0 Å². The predicted octanol–water partition coefficient (Wildman–Crippen LogP) is 4.43. The molecule has 2 heterocycles. The highest BCUT2D eigenvalue weighted by molar-refractivity contribution is 5.89. The van der Waals surface area contributed by atoms with Crippen molar-refractivity contribution in [2.45, 2.75) is 33.0 Å². The first-order valence-corrected chi connectivity index (χ1v) is 13.8. The summed E-state index contributed by atoms with van der Waals surface area (Å²) < 4.78 is 18.2. The molecular weight excluding hydrogens is 537 g/mol. The van der Waals surface area contributed by atoms with Gasteiger partial charge in [-0.15, -0.1) is 0 Å². The Hall–Kier alpha value is -4.44. The number of nitrogens with one attached hydrogen (secondary N) is 1. The summed E-state index contributed by atoms with van der Waals surface area (Å²) in [5, 5.41) is 5.87. The second kappa shape index (κ2) is 15.5. The van der Waals surface area contributed by atoms with Crippen molar-refractivity contribution in [3.63, 3.8) is 0 Å². The average Bonchev–Trinajstić information content (AvgIpc) is 2.96. The molecule has 2 aromatic carbocycles. The molecule has 0 spiro atoms. The van der Waals surface area contributed by atoms with Crippen molar-refractivity contribution in [3.8, 4) is 5.75 Å². The van der Waals surface area contributed by atoms with E-state index < -0.39 is 18.0 Å². The fourth-order valence-electron chi connectivity index (χ4n) is 4.65. The molecule has 4 rings (SSSR count). The number of ether oxygens (including phenoxy) is 1. The third-order valence-electron chi connectivity index (χ3n) is 6.81. The first-order chi connectivity index (χ1) is 20.1. The number of likely N-dealkylation sites (N-methyl/N-ethyl adjacent to an activating group) is 1. The molecule has 0 aliphatic carbocycles. The summed E-state index contributed by atoms with van der Waals surface area (Å²) in [6, 6.07) is 17.2. The van der Waals surface area contributed by atoms with Crippen molar-refractivity contribution in [2.75, 3.05) is 40.3 Å². The number of hydrazine groups is 1. The molecule has 2 aliphatic rings. The number of rotatable bonds is 8. The van der Waals surface area contributed by atoms with Crippen LogP contribution < -0.4 is 10.1 Å². The van der Waals surface area contributed by atoms with Crippen LogP contribution >= 0.6 is 0 Å². The third-order valence-corrected chi connectivity index (χ3v) is 6.81. The Morgan fingerprint density at radius 3 is 2.33 bits per heavy atom. The van der Waals surface area contributed by atoms with Gasteiger partial charge in [0.1, 0.15) is 24.3 Å². The summed E-state index contributed by atoms with van der Waals surface area (Å²) in [4.78, 5) is 41.8. The van der Waals surface area contributed by atoms with Gasteiger partial charge in [-0.05, 0) is 42.7 Å². The third kappa shape index (κ3) is 9.04. The highest BCUT2D eigenvalue weighted by atomic mass is 19.1. The molecule has 1 N–H and O–H groups in total. The van der Waals surface area contributed by atoms with Gasteiger partial charge in [0.05, 0.1) is 20.2 Å². The van der Waals surface area contributed by atoms with Gasteiger partial charge in [0.2, 0.25) is 11.8 Å². The van der Waals surface area contributed by atoms with Crippen LogP contribution in [0.1, 0.15) is 24.5 Å². The molecule has 42 heavy (non-hydrogen) atoms. The number of amides is 4. The molecule has 2 fully saturated rings. The number of fused-ring (bicyclic) bond motifs is 1. The van der Waals surface area contributed by atoms with Gasteiger partial charge in [-0.1, -0.05) is 73.7 Å². The number of hydrogen-bond acceptors (Lipinski definition) is 5. The Kier molecular flexibility index (Phi) is 11.9. The lowest BCUT2D eigenvalue weighted by molar-refractivity contribution is -0.178. The van der Waals surface area contributed by atoms with Crippen molar-refractivity contribution in [1.82, 2.24) is 25.1 Å². The van der Waals surface area contributed by atoms with Gasteiger partial charge in [-0.25, -0.2) is 19.2 Å². The Bertz CT molecular complexity index is 1300. The summed E-state index contributed by atoms with van der Waals surface area (Å²) in [7, 11) is 3.25. The number of halogens is 1. The van der Waals surface area contributed by atoms with E-state index in [4.69, 9.17) is 4.74 Å². The van der Waals surface area contributed by atoms with Crippen LogP contribution in [0.2, 0.25) is 0 Å². The van der Waals surface area contributed by atoms with Crippen LogP contribution in [0.15, 0.2) is 90.8 Å². The standard InChI is InChI=1S/C25H32FN5O4.C7H8/c1-5-6-19(8-7-18(2)26)13-27-25(34)31-22-15-29(14-20-9-11-21(35-4)12-10-20)23(32)17-30(22)24(33)16-28(31)3;1-7-5-3-2-4-6-7/h6-12,22H,2,5,13-17H2,1,3-4H3,(H,27,34);2-6H,1H3/b8-7-,19-6+;. The quantitative estimate of drug-likeness (QED) is 0.469. The van der Waals surface area contributed by atoms with E-state index in [0.717, 1.165) is 16.9 Å². The molecule has 1 atom stereocenters. The van der Waals surface area contributed by atoms with Gasteiger partial charge in [0.15, 0.2) is 0 Å². The lowest BCUT2D eigenvalue weighted by Gasteiger charge is -2.51. The second-order valence-corrected chi connectivity index (χ2v) is 10.1. The molecule has 224 valence electrons. The summed E-state index contributed by atoms with van der Waals surface area (Å²) in [6.07, 6.45) is 4.76. The normalized spacial score (nSPS) is 17.5. The zero-order chi connectivity index (χ0) is 30.6. The van der Waals surface area contributed by atoms with E-state index in [9.17, 15) is 18.8 Å². The minimum absolute atomic E-state index is 0.0189. The molecule has 0 radical (unpaired) electrons. The number of allylic oxidation sites excluding steroid dienone is 3. The topological polar surface area (TPSA) is 85.4 Å². The van der Waals surface area contributed by atoms with Gasteiger partial charge in [-0.2, -0.15) is 0 Å². The Morgan fingerprint density at radius 2 is 1.76 bits per heavy atom. The van der Waals surface area contributed by atoms with E-state index in [2.05, 4.69) is 31.0 Å². The summed E-state index contributed by atoms with van der Waals surface area (Å²) in [5.74, 6) is -0.253. The monoisotopic (exact) mass is 577 g/mol. The first kappa shape index (κ1) is 32.1. The Labute approximate surface area is 247 Å². The molecule has 4 amide bonds. The number of nitrogens with zero attached hydrogens (tertiary/aromatic N) is 4. The largest absolute Gasteiger partial charge is 0.497 e. The maximum absolute atomic E-state index is 13.2. The van der Waals surface area contributed by atoms with Crippen LogP contribution in [0.4, 0.5) is 9.18 Å². The summed E-state index contributed by atoms with van der Waals surface area (Å²) in [6.45, 7) is 7.82. The Morgan fingerprint density at radius 1 is 1.07 bits per heavy atom.